The van der Waals surface area contributed by atoms with Crippen molar-refractivity contribution >= 4 is 5.95 Å². The number of nitrogens with two attached hydrogens (primary N) is 1. The molecule has 0 saturated heterocycles. The molecule has 0 spiro atoms. The average Bonchev–Trinajstić information content (AvgIpc) is 2.48. The van der Waals surface area contributed by atoms with Crippen LogP contribution in [0.25, 0.3) is 0 Å². The molecule has 3 rings (SSSR count). The Morgan fingerprint density at radius 2 is 2.12 bits per heavy atom. The Balaban J connectivity index is 2.39. The van der Waals surface area contributed by atoms with Crippen LogP contribution in [0.3, 0.4) is 0 Å². The van der Waals surface area contributed by atoms with Crippen molar-refractivity contribution in [3.63, 3.8) is 0 Å². The number of nitrogens with one attached hydrogen (secondary N) is 1. The summed E-state index contributed by atoms with van der Waals surface area (Å²) in [6, 6.07) is 0. The summed E-state index contributed by atoms with van der Waals surface area (Å²) in [5.41, 5.74) is 7.55. The molecule has 0 unspecified atom stereocenters. The van der Waals surface area contributed by atoms with E-state index < -0.39 is 0 Å². The van der Waals surface area contributed by atoms with E-state index in [1.807, 2.05) is 0 Å². The number of H-pyrrole nitrogens is 1. The number of aromatic amines is 1. The monoisotopic (exact) mass is 219 g/mol. The lowest BCUT2D eigenvalue weighted by Crippen LogP contribution is -2.32. The number of nitrogens with zero attached hydrogens (tertiary/aromatic N) is 1. The van der Waals surface area contributed by atoms with Gasteiger partial charge < -0.3 is 5.73 Å². The quantitative estimate of drug-likeness (QED) is 0.695. The lowest BCUT2D eigenvalue weighted by Gasteiger charge is -2.34. The zero-order valence-corrected chi connectivity index (χ0v) is 9.92. The average molecular weight is 219 g/mol. The molecule has 86 valence electrons. The van der Waals surface area contributed by atoms with Crippen molar-refractivity contribution in [1.29, 1.82) is 0 Å². The molecule has 4 nitrogen and oxygen atoms in total. The largest absolute Gasteiger partial charge is 0.369 e. The normalized spacial score (nSPS) is 34.1. The van der Waals surface area contributed by atoms with Gasteiger partial charge in [-0.05, 0) is 24.2 Å². The summed E-state index contributed by atoms with van der Waals surface area (Å²) in [6.07, 6.45) is 2.19. The zero-order chi connectivity index (χ0) is 11.7. The Bertz CT molecular complexity index is 532. The van der Waals surface area contributed by atoms with Crippen molar-refractivity contribution in [1.82, 2.24) is 9.97 Å². The first-order valence-electron chi connectivity index (χ1n) is 5.78. The van der Waals surface area contributed by atoms with Crippen molar-refractivity contribution in [2.45, 2.75) is 44.9 Å². The smallest absolute Gasteiger partial charge is 0.256 e. The van der Waals surface area contributed by atoms with E-state index in [4.69, 9.17) is 5.73 Å². The van der Waals surface area contributed by atoms with Gasteiger partial charge in [-0.15, -0.1) is 0 Å². The fourth-order valence-electron chi connectivity index (χ4n) is 3.67. The van der Waals surface area contributed by atoms with Gasteiger partial charge in [0.2, 0.25) is 5.95 Å². The Morgan fingerprint density at radius 1 is 1.44 bits per heavy atom. The minimum absolute atomic E-state index is 0.00931. The Hall–Kier alpha value is -1.32. The van der Waals surface area contributed by atoms with Crippen LogP contribution in [0, 0.1) is 5.41 Å². The highest BCUT2D eigenvalue weighted by Gasteiger charge is 2.61. The van der Waals surface area contributed by atoms with Gasteiger partial charge in [-0.1, -0.05) is 20.8 Å². The molecule has 1 heterocycles. The van der Waals surface area contributed by atoms with Crippen molar-refractivity contribution in [2.75, 3.05) is 5.73 Å². The summed E-state index contributed by atoms with van der Waals surface area (Å²) in [4.78, 5) is 19.0. The van der Waals surface area contributed by atoms with E-state index in [1.54, 1.807) is 0 Å². The first-order chi connectivity index (χ1) is 7.38. The van der Waals surface area contributed by atoms with Crippen molar-refractivity contribution in [3.8, 4) is 0 Å². The summed E-state index contributed by atoms with van der Waals surface area (Å²) < 4.78 is 0. The molecule has 2 aliphatic rings. The van der Waals surface area contributed by atoms with Gasteiger partial charge in [0.15, 0.2) is 0 Å². The van der Waals surface area contributed by atoms with Crippen molar-refractivity contribution < 1.29 is 0 Å². The number of nitrogen functional groups attached to an aromatic ring is 1. The molecule has 1 fully saturated rings. The van der Waals surface area contributed by atoms with Crippen LogP contribution >= 0.6 is 0 Å². The summed E-state index contributed by atoms with van der Waals surface area (Å²) >= 11 is 0. The second-order valence-electron chi connectivity index (χ2n) is 5.86. The van der Waals surface area contributed by atoms with Crippen molar-refractivity contribution in [2.24, 2.45) is 5.41 Å². The third kappa shape index (κ3) is 0.829. The molecule has 3 N–H and O–H groups in total. The highest BCUT2D eigenvalue weighted by atomic mass is 16.1. The molecule has 1 aromatic heterocycles. The molecule has 4 heteroatoms. The molecule has 0 radical (unpaired) electrons. The van der Waals surface area contributed by atoms with Gasteiger partial charge in [0.25, 0.3) is 5.56 Å². The highest BCUT2D eigenvalue weighted by molar-refractivity contribution is 5.45. The number of rotatable bonds is 0. The van der Waals surface area contributed by atoms with Gasteiger partial charge in [-0.25, -0.2) is 4.98 Å². The number of aromatic nitrogens is 2. The predicted octanol–water partition coefficient (Wildman–Crippen LogP) is 1.53. The van der Waals surface area contributed by atoms with Gasteiger partial charge in [-0.2, -0.15) is 0 Å². The second-order valence-corrected chi connectivity index (χ2v) is 5.86. The number of hydrogen-bond donors (Lipinski definition) is 2. The predicted molar refractivity (Wildman–Crippen MR) is 62.4 cm³/mol. The molecular weight excluding hydrogens is 202 g/mol. The SMILES string of the molecule is CC1(C)[C@@H]2CC[C@]1(C)c1nc(N)[nH]c(=O)c12. The third-order valence-corrected chi connectivity index (χ3v) is 5.07. The van der Waals surface area contributed by atoms with Crippen LogP contribution in [-0.4, -0.2) is 9.97 Å². The van der Waals surface area contributed by atoms with E-state index in [0.29, 0.717) is 5.92 Å². The summed E-state index contributed by atoms with van der Waals surface area (Å²) in [5.74, 6) is 0.581. The Kier molecular flexibility index (Phi) is 1.54. The summed E-state index contributed by atoms with van der Waals surface area (Å²) in [5, 5.41) is 0. The molecular formula is C12H17N3O. The maximum atomic E-state index is 12.0. The van der Waals surface area contributed by atoms with E-state index in [0.717, 1.165) is 24.1 Å². The first kappa shape index (κ1) is 9.87. The summed E-state index contributed by atoms with van der Waals surface area (Å²) in [7, 11) is 0. The topological polar surface area (TPSA) is 71.8 Å². The molecule has 0 amide bonds. The van der Waals surface area contributed by atoms with Crippen LogP contribution in [0.2, 0.25) is 0 Å². The molecule has 1 saturated carbocycles. The minimum atomic E-state index is -0.0380. The van der Waals surface area contributed by atoms with Crippen LogP contribution < -0.4 is 11.3 Å². The van der Waals surface area contributed by atoms with E-state index in [2.05, 4.69) is 30.7 Å². The second kappa shape index (κ2) is 2.50. The number of hydrogen-bond acceptors (Lipinski definition) is 3. The molecule has 2 aliphatic carbocycles. The maximum Gasteiger partial charge on any atom is 0.256 e. The summed E-state index contributed by atoms with van der Waals surface area (Å²) in [6.45, 7) is 6.69. The lowest BCUT2D eigenvalue weighted by molar-refractivity contribution is 0.227. The van der Waals surface area contributed by atoms with E-state index >= 15 is 0 Å². The van der Waals surface area contributed by atoms with Crippen LogP contribution in [0.5, 0.6) is 0 Å². The highest BCUT2D eigenvalue weighted by Crippen LogP contribution is 2.66. The molecule has 2 atom stereocenters. The van der Waals surface area contributed by atoms with Crippen LogP contribution in [0.15, 0.2) is 4.79 Å². The molecule has 0 aromatic carbocycles. The Labute approximate surface area is 94.3 Å². The van der Waals surface area contributed by atoms with Crippen LogP contribution in [-0.2, 0) is 5.41 Å². The first-order valence-corrected chi connectivity index (χ1v) is 5.78. The van der Waals surface area contributed by atoms with Crippen molar-refractivity contribution in [3.05, 3.63) is 21.6 Å². The van der Waals surface area contributed by atoms with Gasteiger partial charge >= 0.3 is 0 Å². The molecule has 1 aromatic rings. The van der Waals surface area contributed by atoms with E-state index in [1.165, 1.54) is 0 Å². The third-order valence-electron chi connectivity index (χ3n) is 5.07. The lowest BCUT2D eigenvalue weighted by atomic mass is 9.70. The minimum Gasteiger partial charge on any atom is -0.369 e. The van der Waals surface area contributed by atoms with Gasteiger partial charge in [-0.3, -0.25) is 9.78 Å². The Morgan fingerprint density at radius 3 is 2.81 bits per heavy atom. The standard InChI is InChI=1S/C12H17N3O/c1-11(2)6-4-5-12(11,3)8-7(6)9(16)15-10(13)14-8/h6H,4-5H2,1-3H3,(H3,13,14,15,16)/t6-,12-/m1/s1. The fourth-order valence-corrected chi connectivity index (χ4v) is 3.67. The van der Waals surface area contributed by atoms with Crippen LogP contribution in [0.1, 0.15) is 50.8 Å². The number of anilines is 1. The number of fused-ring (bicyclic) bond motifs is 5. The molecule has 0 aliphatic heterocycles. The molecule has 16 heavy (non-hydrogen) atoms. The van der Waals surface area contributed by atoms with Gasteiger partial charge in [0, 0.05) is 11.0 Å². The van der Waals surface area contributed by atoms with E-state index in [-0.39, 0.29) is 22.3 Å². The van der Waals surface area contributed by atoms with Gasteiger partial charge in [0.05, 0.1) is 5.69 Å². The van der Waals surface area contributed by atoms with Gasteiger partial charge in [0.1, 0.15) is 0 Å². The molecule has 2 bridgehead atoms. The fraction of sp³-hybridized carbons (Fsp3) is 0.667. The van der Waals surface area contributed by atoms with E-state index in [9.17, 15) is 4.79 Å². The maximum absolute atomic E-state index is 12.0. The zero-order valence-electron chi connectivity index (χ0n) is 9.92. The van der Waals surface area contributed by atoms with Crippen LogP contribution in [0.4, 0.5) is 5.95 Å².